The van der Waals surface area contributed by atoms with Crippen molar-refractivity contribution in [1.29, 1.82) is 0 Å². The molecule has 0 aromatic heterocycles. The van der Waals surface area contributed by atoms with Crippen LogP contribution in [0.4, 0.5) is 4.39 Å². The minimum absolute atomic E-state index is 0.204. The van der Waals surface area contributed by atoms with Crippen molar-refractivity contribution >= 4 is 24.8 Å². The van der Waals surface area contributed by atoms with E-state index in [2.05, 4.69) is 51.6 Å². The zero-order chi connectivity index (χ0) is 30.0. The number of allylic oxidation sites excluding steroid dienone is 1. The lowest BCUT2D eigenvalue weighted by atomic mass is 9.95. The van der Waals surface area contributed by atoms with Gasteiger partial charge in [0.25, 0.3) is 8.32 Å². The summed E-state index contributed by atoms with van der Waals surface area (Å²) in [5.74, 6) is -1.05. The fourth-order valence-electron chi connectivity index (χ4n) is 5.33. The van der Waals surface area contributed by atoms with Gasteiger partial charge >= 0.3 is 0 Å². The van der Waals surface area contributed by atoms with Gasteiger partial charge in [-0.05, 0) is 63.5 Å². The standard InChI is InChI=1S/C35H43FO4Si/c1-6-27(23-28-18-20-34(39)32(36)24-28)17-19-33(38)31(21-22-37)26(2)25-40-41(35(3,4)5,29-13-9-7-10-14-29)30-15-11-8-12-16-30/h7-16,18,20-21,23-24,33,37-39H,2,6,17,19,22,25H2,1,3-5H3/b27-23+,31-21-. The fourth-order valence-corrected chi connectivity index (χ4v) is 9.88. The molecule has 3 N–H and O–H groups in total. The summed E-state index contributed by atoms with van der Waals surface area (Å²) in [7, 11) is -2.80. The number of phenolic OH excluding ortho intramolecular Hbond substituents is 1. The highest BCUT2D eigenvalue weighted by atomic mass is 28.4. The summed E-state index contributed by atoms with van der Waals surface area (Å²) in [5, 5.41) is 32.6. The molecule has 0 aliphatic rings. The Bertz CT molecular complexity index is 1300. The van der Waals surface area contributed by atoms with Gasteiger partial charge in [-0.3, -0.25) is 0 Å². The first-order valence-corrected chi connectivity index (χ1v) is 16.0. The number of hydrogen-bond donors (Lipinski definition) is 3. The smallest absolute Gasteiger partial charge is 0.261 e. The molecule has 6 heteroatoms. The van der Waals surface area contributed by atoms with E-state index in [1.807, 2.05) is 49.4 Å². The monoisotopic (exact) mass is 574 g/mol. The van der Waals surface area contributed by atoms with Crippen molar-refractivity contribution in [2.75, 3.05) is 13.2 Å². The molecular weight excluding hydrogens is 531 g/mol. The second-order valence-corrected chi connectivity index (χ2v) is 15.6. The summed E-state index contributed by atoms with van der Waals surface area (Å²) in [4.78, 5) is 0. The Hall–Kier alpha value is -3.29. The van der Waals surface area contributed by atoms with Gasteiger partial charge in [0.1, 0.15) is 0 Å². The van der Waals surface area contributed by atoms with Gasteiger partial charge in [0.2, 0.25) is 0 Å². The molecule has 1 atom stereocenters. The number of hydrogen-bond acceptors (Lipinski definition) is 4. The molecule has 3 aromatic rings. The normalized spacial score (nSPS) is 13.7. The Kier molecular flexibility index (Phi) is 11.4. The van der Waals surface area contributed by atoms with Crippen molar-refractivity contribution in [2.24, 2.45) is 0 Å². The van der Waals surface area contributed by atoms with Gasteiger partial charge in [0.15, 0.2) is 11.6 Å². The van der Waals surface area contributed by atoms with E-state index in [1.54, 1.807) is 12.1 Å². The van der Waals surface area contributed by atoms with Crippen LogP contribution in [0.1, 0.15) is 52.5 Å². The van der Waals surface area contributed by atoms with E-state index >= 15 is 0 Å². The lowest BCUT2D eigenvalue weighted by Crippen LogP contribution is -2.66. The van der Waals surface area contributed by atoms with E-state index in [-0.39, 0.29) is 24.0 Å². The number of rotatable bonds is 13. The molecule has 0 spiro atoms. The topological polar surface area (TPSA) is 69.9 Å². The second-order valence-electron chi connectivity index (χ2n) is 11.3. The molecule has 1 unspecified atom stereocenters. The van der Waals surface area contributed by atoms with Crippen LogP contribution in [0.25, 0.3) is 6.08 Å². The van der Waals surface area contributed by atoms with Crippen LogP contribution >= 0.6 is 0 Å². The van der Waals surface area contributed by atoms with Crippen LogP contribution in [0.2, 0.25) is 5.04 Å². The van der Waals surface area contributed by atoms with Crippen molar-refractivity contribution in [3.8, 4) is 5.75 Å². The lowest BCUT2D eigenvalue weighted by molar-refractivity contribution is 0.198. The van der Waals surface area contributed by atoms with Gasteiger partial charge in [-0.1, -0.05) is 119 Å². The largest absolute Gasteiger partial charge is 0.505 e. The van der Waals surface area contributed by atoms with Crippen molar-refractivity contribution in [3.63, 3.8) is 0 Å². The molecule has 3 rings (SSSR count). The molecule has 3 aromatic carbocycles. The molecule has 0 amide bonds. The van der Waals surface area contributed by atoms with Crippen molar-refractivity contribution < 1.29 is 24.1 Å². The number of aliphatic hydroxyl groups excluding tert-OH is 2. The molecular formula is C35H43FO4Si. The minimum Gasteiger partial charge on any atom is -0.505 e. The lowest BCUT2D eigenvalue weighted by Gasteiger charge is -2.43. The molecule has 218 valence electrons. The summed E-state index contributed by atoms with van der Waals surface area (Å²) in [5.41, 5.74) is 2.88. The minimum atomic E-state index is -2.80. The maximum Gasteiger partial charge on any atom is 0.261 e. The summed E-state index contributed by atoms with van der Waals surface area (Å²) >= 11 is 0. The third-order valence-electron chi connectivity index (χ3n) is 7.49. The predicted octanol–water partition coefficient (Wildman–Crippen LogP) is 6.52. The first-order valence-electron chi connectivity index (χ1n) is 14.1. The molecule has 4 nitrogen and oxygen atoms in total. The Labute approximate surface area is 245 Å². The SMILES string of the molecule is C=C(CO[Si](c1ccccc1)(c1ccccc1)C(C)(C)C)/C(=C/CO)C(O)CC/C(=C/c1ccc(O)c(F)c1)CC. The summed E-state index contributed by atoms with van der Waals surface area (Å²) in [6, 6.07) is 25.0. The molecule has 0 aliphatic carbocycles. The van der Waals surface area contributed by atoms with E-state index in [0.29, 0.717) is 29.6 Å². The second kappa shape index (κ2) is 14.6. The van der Waals surface area contributed by atoms with E-state index in [0.717, 1.165) is 22.4 Å². The first-order chi connectivity index (χ1) is 19.5. The molecule has 41 heavy (non-hydrogen) atoms. The van der Waals surface area contributed by atoms with Crippen LogP contribution in [0.15, 0.2) is 108 Å². The highest BCUT2D eigenvalue weighted by Gasteiger charge is 2.50. The highest BCUT2D eigenvalue weighted by molar-refractivity contribution is 6.99. The van der Waals surface area contributed by atoms with Crippen molar-refractivity contribution in [3.05, 3.63) is 120 Å². The van der Waals surface area contributed by atoms with Crippen LogP contribution in [-0.4, -0.2) is 43.0 Å². The van der Waals surface area contributed by atoms with E-state index in [4.69, 9.17) is 4.43 Å². The number of aliphatic hydroxyl groups is 2. The van der Waals surface area contributed by atoms with Gasteiger partial charge in [0, 0.05) is 0 Å². The maximum atomic E-state index is 13.8. The van der Waals surface area contributed by atoms with Crippen LogP contribution in [0.3, 0.4) is 0 Å². The van der Waals surface area contributed by atoms with Crippen LogP contribution < -0.4 is 10.4 Å². The summed E-state index contributed by atoms with van der Waals surface area (Å²) < 4.78 is 20.8. The van der Waals surface area contributed by atoms with Gasteiger partial charge in [0.05, 0.1) is 19.3 Å². The Morgan fingerprint density at radius 3 is 2.07 bits per heavy atom. The van der Waals surface area contributed by atoms with Crippen LogP contribution in [-0.2, 0) is 4.43 Å². The Balaban J connectivity index is 1.83. The van der Waals surface area contributed by atoms with Gasteiger partial charge in [-0.25, -0.2) is 4.39 Å². The van der Waals surface area contributed by atoms with E-state index in [1.165, 1.54) is 12.1 Å². The molecule has 0 radical (unpaired) electrons. The van der Waals surface area contributed by atoms with E-state index in [9.17, 15) is 19.7 Å². The molecule has 0 bridgehead atoms. The van der Waals surface area contributed by atoms with Crippen LogP contribution in [0.5, 0.6) is 5.75 Å². The van der Waals surface area contributed by atoms with Crippen molar-refractivity contribution in [2.45, 2.75) is 58.1 Å². The van der Waals surface area contributed by atoms with E-state index < -0.39 is 20.2 Å². The number of halogens is 1. The van der Waals surface area contributed by atoms with Gasteiger partial charge in [-0.2, -0.15) is 0 Å². The number of aromatic hydroxyl groups is 1. The van der Waals surface area contributed by atoms with Crippen LogP contribution in [0, 0.1) is 5.82 Å². The maximum absolute atomic E-state index is 13.8. The molecule has 0 heterocycles. The third kappa shape index (κ3) is 7.92. The predicted molar refractivity (Wildman–Crippen MR) is 169 cm³/mol. The summed E-state index contributed by atoms with van der Waals surface area (Å²) in [6.07, 6.45) is 4.34. The number of phenols is 1. The average Bonchev–Trinajstić information content (AvgIpc) is 2.96. The molecule has 0 aliphatic heterocycles. The fraction of sp³-hybridized carbons (Fsp3) is 0.314. The number of benzene rings is 3. The third-order valence-corrected chi connectivity index (χ3v) is 12.5. The van der Waals surface area contributed by atoms with Crippen molar-refractivity contribution in [1.82, 2.24) is 0 Å². The quantitative estimate of drug-likeness (QED) is 0.161. The molecule has 0 saturated carbocycles. The highest BCUT2D eigenvalue weighted by Crippen LogP contribution is 2.37. The Morgan fingerprint density at radius 2 is 1.59 bits per heavy atom. The molecule has 0 fully saturated rings. The Morgan fingerprint density at radius 1 is 1.00 bits per heavy atom. The molecule has 0 saturated heterocycles. The average molecular weight is 575 g/mol. The first kappa shape index (κ1) is 32.2. The van der Waals surface area contributed by atoms with Gasteiger partial charge < -0.3 is 19.7 Å². The zero-order valence-corrected chi connectivity index (χ0v) is 25.6. The van der Waals surface area contributed by atoms with Gasteiger partial charge in [-0.15, -0.1) is 0 Å². The zero-order valence-electron chi connectivity index (χ0n) is 24.6. The summed E-state index contributed by atoms with van der Waals surface area (Å²) in [6.45, 7) is 12.9.